The van der Waals surface area contributed by atoms with Crippen LogP contribution in [0.25, 0.3) is 0 Å². The first-order valence-electron chi connectivity index (χ1n) is 8.65. The van der Waals surface area contributed by atoms with Crippen LogP contribution in [0.5, 0.6) is 5.75 Å². The highest BCUT2D eigenvalue weighted by Gasteiger charge is 2.35. The third-order valence-corrected chi connectivity index (χ3v) is 7.80. The quantitative estimate of drug-likeness (QED) is 0.765. The number of rotatable bonds is 5. The van der Waals surface area contributed by atoms with E-state index in [0.29, 0.717) is 12.3 Å². The van der Waals surface area contributed by atoms with Gasteiger partial charge in [-0.05, 0) is 24.3 Å². The summed E-state index contributed by atoms with van der Waals surface area (Å²) in [5.74, 6) is 2.23. The van der Waals surface area contributed by atoms with Crippen LogP contribution in [0, 0.1) is 0 Å². The zero-order valence-corrected chi connectivity index (χ0v) is 16.2. The first kappa shape index (κ1) is 19.0. The maximum Gasteiger partial charge on any atom is 0.247 e. The van der Waals surface area contributed by atoms with Crippen LogP contribution in [0.3, 0.4) is 0 Å². The normalized spacial score (nSPS) is 24.0. The molecule has 1 atom stereocenters. The number of thioether (sulfide) groups is 1. The molecule has 0 spiro atoms. The van der Waals surface area contributed by atoms with Gasteiger partial charge in [0.1, 0.15) is 10.6 Å². The first-order chi connectivity index (χ1) is 12.1. The highest BCUT2D eigenvalue weighted by Crippen LogP contribution is 2.30. The molecule has 2 fully saturated rings. The summed E-state index contributed by atoms with van der Waals surface area (Å²) in [6.07, 6.45) is 0.874. The van der Waals surface area contributed by atoms with Crippen LogP contribution in [-0.4, -0.2) is 81.7 Å². The Morgan fingerprint density at radius 2 is 2.00 bits per heavy atom. The Morgan fingerprint density at radius 3 is 2.76 bits per heavy atom. The molecule has 1 aromatic carbocycles. The average Bonchev–Trinajstić information content (AvgIpc) is 2.88. The second-order valence-corrected chi connectivity index (χ2v) is 9.27. The van der Waals surface area contributed by atoms with Crippen LogP contribution in [0.2, 0.25) is 0 Å². The molecule has 0 aliphatic carbocycles. The van der Waals surface area contributed by atoms with E-state index in [4.69, 9.17) is 9.47 Å². The molecule has 0 N–H and O–H groups in total. The summed E-state index contributed by atoms with van der Waals surface area (Å²) in [6.45, 7) is 4.48. The molecule has 2 saturated heterocycles. The van der Waals surface area contributed by atoms with Crippen LogP contribution < -0.4 is 4.74 Å². The summed E-state index contributed by atoms with van der Waals surface area (Å²) in [7, 11) is -2.08. The van der Waals surface area contributed by atoms with Gasteiger partial charge in [0.2, 0.25) is 10.0 Å². The number of morpholine rings is 1. The maximum atomic E-state index is 13.4. The van der Waals surface area contributed by atoms with Crippen LogP contribution >= 0.6 is 11.8 Å². The molecule has 1 aromatic rings. The second kappa shape index (κ2) is 8.73. The van der Waals surface area contributed by atoms with Gasteiger partial charge in [-0.15, -0.1) is 0 Å². The highest BCUT2D eigenvalue weighted by atomic mass is 32.2. The predicted molar refractivity (Wildman–Crippen MR) is 99.9 cm³/mol. The molecule has 2 heterocycles. The second-order valence-electron chi connectivity index (χ2n) is 6.26. The Hall–Kier alpha value is -0.800. The van der Waals surface area contributed by atoms with Crippen molar-refractivity contribution < 1.29 is 17.9 Å². The van der Waals surface area contributed by atoms with Gasteiger partial charge in [-0.25, -0.2) is 8.42 Å². The molecule has 0 aromatic heterocycles. The number of methoxy groups -OCH3 is 1. The lowest BCUT2D eigenvalue weighted by atomic mass is 10.2. The molecular weight excluding hydrogens is 360 g/mol. The van der Waals surface area contributed by atoms with Gasteiger partial charge >= 0.3 is 0 Å². The van der Waals surface area contributed by atoms with E-state index in [9.17, 15) is 8.42 Å². The lowest BCUT2D eigenvalue weighted by Gasteiger charge is -2.35. The van der Waals surface area contributed by atoms with Gasteiger partial charge in [0.15, 0.2) is 0 Å². The Kier molecular flexibility index (Phi) is 6.62. The van der Waals surface area contributed by atoms with E-state index in [0.717, 1.165) is 50.8 Å². The van der Waals surface area contributed by atoms with Gasteiger partial charge in [0.05, 0.1) is 20.3 Å². The van der Waals surface area contributed by atoms with Crippen LogP contribution in [0.1, 0.15) is 6.42 Å². The maximum absolute atomic E-state index is 13.4. The Balaban J connectivity index is 1.86. The summed E-state index contributed by atoms with van der Waals surface area (Å²) in [5.41, 5.74) is 0. The van der Waals surface area contributed by atoms with Crippen molar-refractivity contribution in [1.82, 2.24) is 9.21 Å². The van der Waals surface area contributed by atoms with Crippen molar-refractivity contribution in [2.75, 3.05) is 58.0 Å². The van der Waals surface area contributed by atoms with Crippen molar-refractivity contribution in [2.24, 2.45) is 0 Å². The van der Waals surface area contributed by atoms with Crippen LogP contribution in [0.4, 0.5) is 0 Å². The van der Waals surface area contributed by atoms with Crippen molar-refractivity contribution >= 4 is 21.8 Å². The number of benzene rings is 1. The summed E-state index contributed by atoms with van der Waals surface area (Å²) in [6, 6.07) is 6.86. The van der Waals surface area contributed by atoms with Crippen molar-refractivity contribution in [3.63, 3.8) is 0 Å². The fourth-order valence-corrected chi connectivity index (χ4v) is 6.27. The van der Waals surface area contributed by atoms with Gasteiger partial charge in [0, 0.05) is 38.0 Å². The van der Waals surface area contributed by atoms with E-state index in [1.807, 2.05) is 11.8 Å². The van der Waals surface area contributed by atoms with Gasteiger partial charge in [-0.1, -0.05) is 12.1 Å². The van der Waals surface area contributed by atoms with Crippen molar-refractivity contribution in [3.8, 4) is 5.75 Å². The number of hydrogen-bond acceptors (Lipinski definition) is 6. The summed E-state index contributed by atoms with van der Waals surface area (Å²) in [5, 5.41) is 0. The monoisotopic (exact) mass is 386 g/mol. The number of sulfonamides is 1. The third kappa shape index (κ3) is 4.49. The molecule has 3 rings (SSSR count). The van der Waals surface area contributed by atoms with Gasteiger partial charge in [0.25, 0.3) is 0 Å². The number of nitrogens with zero attached hydrogens (tertiary/aromatic N) is 2. The Morgan fingerprint density at radius 1 is 1.24 bits per heavy atom. The van der Waals surface area contributed by atoms with E-state index in [1.54, 1.807) is 28.6 Å². The molecule has 2 aliphatic heterocycles. The standard InChI is InChI=1S/C17H26N2O4S2/c1-22-16-5-2-3-6-17(16)25(20,21)19-7-4-12-24-14-15(19)13-18-8-10-23-11-9-18/h2-3,5-6,15H,4,7-14H2,1H3. The van der Waals surface area contributed by atoms with Crippen molar-refractivity contribution in [1.29, 1.82) is 0 Å². The fraction of sp³-hybridized carbons (Fsp3) is 0.647. The van der Waals surface area contributed by atoms with Crippen LogP contribution in [0.15, 0.2) is 29.2 Å². The molecule has 0 radical (unpaired) electrons. The topological polar surface area (TPSA) is 59.1 Å². The lowest BCUT2D eigenvalue weighted by molar-refractivity contribution is 0.0309. The molecule has 1 unspecified atom stereocenters. The number of hydrogen-bond donors (Lipinski definition) is 0. The molecule has 2 aliphatic rings. The Labute approximate surface area is 154 Å². The number of ether oxygens (including phenoxy) is 2. The van der Waals surface area contributed by atoms with Gasteiger partial charge in [-0.2, -0.15) is 16.1 Å². The van der Waals surface area contributed by atoms with E-state index >= 15 is 0 Å². The van der Waals surface area contributed by atoms with Gasteiger partial charge < -0.3 is 9.47 Å². The van der Waals surface area contributed by atoms with Crippen LogP contribution in [-0.2, 0) is 14.8 Å². The summed E-state index contributed by atoms with van der Waals surface area (Å²) < 4.78 is 39.1. The zero-order valence-electron chi connectivity index (χ0n) is 14.6. The largest absolute Gasteiger partial charge is 0.495 e. The van der Waals surface area contributed by atoms with E-state index in [1.165, 1.54) is 7.11 Å². The zero-order chi connectivity index (χ0) is 17.7. The third-order valence-electron chi connectivity index (χ3n) is 4.61. The molecular formula is C17H26N2O4S2. The Bertz CT molecular complexity index is 662. The lowest BCUT2D eigenvalue weighted by Crippen LogP contribution is -2.50. The fourth-order valence-electron chi connectivity index (χ4n) is 3.31. The predicted octanol–water partition coefficient (Wildman–Crippen LogP) is 1.52. The minimum Gasteiger partial charge on any atom is -0.495 e. The van der Waals surface area contributed by atoms with Crippen molar-refractivity contribution in [3.05, 3.63) is 24.3 Å². The average molecular weight is 387 g/mol. The molecule has 8 heteroatoms. The summed E-state index contributed by atoms with van der Waals surface area (Å²) in [4.78, 5) is 2.57. The summed E-state index contributed by atoms with van der Waals surface area (Å²) >= 11 is 1.84. The molecule has 0 saturated carbocycles. The minimum absolute atomic E-state index is 0.0273. The SMILES string of the molecule is COc1ccccc1S(=O)(=O)N1CCCSCC1CN1CCOCC1. The molecule has 140 valence electrons. The highest BCUT2D eigenvalue weighted by molar-refractivity contribution is 7.99. The van der Waals surface area contributed by atoms with E-state index < -0.39 is 10.0 Å². The molecule has 6 nitrogen and oxygen atoms in total. The van der Waals surface area contributed by atoms with E-state index in [2.05, 4.69) is 4.90 Å². The van der Waals surface area contributed by atoms with E-state index in [-0.39, 0.29) is 10.9 Å². The smallest absolute Gasteiger partial charge is 0.247 e. The first-order valence-corrected chi connectivity index (χ1v) is 11.2. The van der Waals surface area contributed by atoms with Gasteiger partial charge in [-0.3, -0.25) is 4.90 Å². The number of para-hydroxylation sites is 1. The molecule has 25 heavy (non-hydrogen) atoms. The molecule has 0 amide bonds. The van der Waals surface area contributed by atoms with Crippen molar-refractivity contribution in [2.45, 2.75) is 17.4 Å². The molecule has 0 bridgehead atoms. The minimum atomic E-state index is -3.59.